The van der Waals surface area contributed by atoms with Crippen molar-refractivity contribution in [3.8, 4) is 0 Å². The van der Waals surface area contributed by atoms with Gasteiger partial charge >= 0.3 is 0 Å². The van der Waals surface area contributed by atoms with Crippen molar-refractivity contribution < 1.29 is 14.5 Å². The lowest BCUT2D eigenvalue weighted by atomic mass is 10.2. The third-order valence-corrected chi connectivity index (χ3v) is 5.55. The molecule has 2 amide bonds. The van der Waals surface area contributed by atoms with E-state index < -0.39 is 10.2 Å². The monoisotopic (exact) mass is 399 g/mol. The molecule has 3 rings (SSSR count). The lowest BCUT2D eigenvalue weighted by Gasteiger charge is -2.14. The van der Waals surface area contributed by atoms with E-state index in [9.17, 15) is 19.7 Å². The van der Waals surface area contributed by atoms with Crippen molar-refractivity contribution >= 4 is 40.6 Å². The van der Waals surface area contributed by atoms with Crippen LogP contribution in [0.15, 0.2) is 47.4 Å². The molecule has 1 atom stereocenters. The Morgan fingerprint density at radius 2 is 1.82 bits per heavy atom. The van der Waals surface area contributed by atoms with E-state index in [-0.39, 0.29) is 23.4 Å². The molecule has 1 fully saturated rings. The van der Waals surface area contributed by atoms with Crippen molar-refractivity contribution in [3.63, 3.8) is 0 Å². The summed E-state index contributed by atoms with van der Waals surface area (Å²) < 4.78 is 0. The summed E-state index contributed by atoms with van der Waals surface area (Å²) in [5.41, 5.74) is 1.87. The molecule has 0 aromatic heterocycles. The molecule has 28 heavy (non-hydrogen) atoms. The molecule has 0 radical (unpaired) electrons. The van der Waals surface area contributed by atoms with Gasteiger partial charge in [0, 0.05) is 28.6 Å². The predicted octanol–water partition coefficient (Wildman–Crippen LogP) is 4.37. The number of aryl methyl sites for hydroxylation is 1. The number of hydrogen-bond donors (Lipinski definition) is 2. The normalized spacial score (nSPS) is 14.2. The van der Waals surface area contributed by atoms with E-state index >= 15 is 0 Å². The first-order valence-corrected chi connectivity index (χ1v) is 9.85. The molecule has 2 aromatic carbocycles. The van der Waals surface area contributed by atoms with Crippen LogP contribution in [0.4, 0.5) is 17.1 Å². The second-order valence-corrected chi connectivity index (χ2v) is 8.21. The zero-order valence-electron chi connectivity index (χ0n) is 15.6. The second-order valence-electron chi connectivity index (χ2n) is 6.79. The zero-order valence-corrected chi connectivity index (χ0v) is 16.4. The van der Waals surface area contributed by atoms with Crippen LogP contribution in [0.5, 0.6) is 0 Å². The molecule has 2 N–H and O–H groups in total. The zero-order chi connectivity index (χ0) is 20.3. The van der Waals surface area contributed by atoms with Gasteiger partial charge in [-0.05, 0) is 56.5 Å². The Balaban J connectivity index is 1.58. The van der Waals surface area contributed by atoms with Crippen molar-refractivity contribution in [2.75, 3.05) is 10.6 Å². The number of nitro benzene ring substituents is 1. The van der Waals surface area contributed by atoms with Crippen LogP contribution in [0, 0.1) is 23.0 Å². The fraction of sp³-hybridized carbons (Fsp3) is 0.300. The fourth-order valence-corrected chi connectivity index (χ4v) is 3.42. The average Bonchev–Trinajstić information content (AvgIpc) is 3.50. The van der Waals surface area contributed by atoms with Gasteiger partial charge < -0.3 is 10.6 Å². The number of benzene rings is 2. The number of nitrogens with zero attached hydrogens (tertiary/aromatic N) is 1. The minimum atomic E-state index is -0.489. The number of thioether (sulfide) groups is 1. The minimum absolute atomic E-state index is 0.0560. The van der Waals surface area contributed by atoms with Gasteiger partial charge in [0.15, 0.2) is 0 Å². The summed E-state index contributed by atoms with van der Waals surface area (Å²) in [6.45, 7) is 3.56. The lowest BCUT2D eigenvalue weighted by Crippen LogP contribution is -2.22. The largest absolute Gasteiger partial charge is 0.326 e. The summed E-state index contributed by atoms with van der Waals surface area (Å²) in [5, 5.41) is 16.2. The molecule has 0 heterocycles. The Kier molecular flexibility index (Phi) is 5.99. The Morgan fingerprint density at radius 3 is 2.43 bits per heavy atom. The Labute approximate surface area is 167 Å². The molecular formula is C20H21N3O4S. The van der Waals surface area contributed by atoms with Crippen LogP contribution in [-0.2, 0) is 9.59 Å². The summed E-state index contributed by atoms with van der Waals surface area (Å²) in [7, 11) is 0. The van der Waals surface area contributed by atoms with Gasteiger partial charge in [-0.1, -0.05) is 6.07 Å². The molecule has 2 aromatic rings. The number of anilines is 2. The van der Waals surface area contributed by atoms with Crippen LogP contribution in [-0.4, -0.2) is 22.0 Å². The van der Waals surface area contributed by atoms with E-state index in [1.54, 1.807) is 19.9 Å². The van der Waals surface area contributed by atoms with E-state index in [0.717, 1.165) is 29.0 Å². The number of rotatable bonds is 7. The van der Waals surface area contributed by atoms with E-state index in [1.165, 1.54) is 23.9 Å². The molecule has 7 nitrogen and oxygen atoms in total. The highest BCUT2D eigenvalue weighted by atomic mass is 32.2. The SMILES string of the molecule is Cc1ccc([N+](=O)[O-])cc1NC(=O)C(C)Sc1ccc(NC(=O)C2CC2)cc1. The van der Waals surface area contributed by atoms with E-state index in [4.69, 9.17) is 0 Å². The maximum atomic E-state index is 12.5. The van der Waals surface area contributed by atoms with Crippen molar-refractivity contribution in [3.05, 3.63) is 58.1 Å². The van der Waals surface area contributed by atoms with Crippen LogP contribution in [0.1, 0.15) is 25.3 Å². The first-order chi connectivity index (χ1) is 13.3. The van der Waals surface area contributed by atoms with Gasteiger partial charge in [0.05, 0.1) is 15.9 Å². The van der Waals surface area contributed by atoms with Crippen LogP contribution in [0.3, 0.4) is 0 Å². The van der Waals surface area contributed by atoms with Gasteiger partial charge in [0.25, 0.3) is 5.69 Å². The lowest BCUT2D eigenvalue weighted by molar-refractivity contribution is -0.384. The summed E-state index contributed by atoms with van der Waals surface area (Å²) >= 11 is 1.37. The average molecular weight is 399 g/mol. The minimum Gasteiger partial charge on any atom is -0.326 e. The van der Waals surface area contributed by atoms with E-state index in [0.29, 0.717) is 5.69 Å². The van der Waals surface area contributed by atoms with Crippen molar-refractivity contribution in [1.82, 2.24) is 0 Å². The molecule has 0 aliphatic heterocycles. The van der Waals surface area contributed by atoms with Crippen molar-refractivity contribution in [1.29, 1.82) is 0 Å². The first-order valence-electron chi connectivity index (χ1n) is 8.97. The molecule has 1 aliphatic carbocycles. The molecule has 8 heteroatoms. The van der Waals surface area contributed by atoms with Crippen LogP contribution < -0.4 is 10.6 Å². The Morgan fingerprint density at radius 1 is 1.14 bits per heavy atom. The maximum absolute atomic E-state index is 12.5. The summed E-state index contributed by atoms with van der Waals surface area (Å²) in [5.74, 6) is -0.0322. The highest BCUT2D eigenvalue weighted by molar-refractivity contribution is 8.00. The molecule has 1 saturated carbocycles. The smallest absolute Gasteiger partial charge is 0.271 e. The second kappa shape index (κ2) is 8.43. The predicted molar refractivity (Wildman–Crippen MR) is 110 cm³/mol. The quantitative estimate of drug-likeness (QED) is 0.409. The van der Waals surface area contributed by atoms with Crippen molar-refractivity contribution in [2.45, 2.75) is 36.8 Å². The topological polar surface area (TPSA) is 101 Å². The first kappa shape index (κ1) is 19.9. The number of hydrogen-bond acceptors (Lipinski definition) is 5. The Hall–Kier alpha value is -2.87. The van der Waals surface area contributed by atoms with Gasteiger partial charge in [-0.2, -0.15) is 0 Å². The molecule has 0 saturated heterocycles. The molecule has 0 bridgehead atoms. The molecule has 146 valence electrons. The number of non-ortho nitro benzene ring substituents is 1. The summed E-state index contributed by atoms with van der Waals surface area (Å²) in [6, 6.07) is 11.7. The van der Waals surface area contributed by atoms with Crippen LogP contribution >= 0.6 is 11.8 Å². The molecule has 1 unspecified atom stereocenters. The highest BCUT2D eigenvalue weighted by Gasteiger charge is 2.29. The molecule has 0 spiro atoms. The number of amides is 2. The van der Waals surface area contributed by atoms with E-state index in [2.05, 4.69) is 10.6 Å². The van der Waals surface area contributed by atoms with Crippen LogP contribution in [0.25, 0.3) is 0 Å². The summed E-state index contributed by atoms with van der Waals surface area (Å²) in [4.78, 5) is 35.6. The summed E-state index contributed by atoms with van der Waals surface area (Å²) in [6.07, 6.45) is 1.91. The Bertz CT molecular complexity index is 910. The maximum Gasteiger partial charge on any atom is 0.271 e. The third-order valence-electron chi connectivity index (χ3n) is 4.44. The van der Waals surface area contributed by atoms with Gasteiger partial charge in [-0.25, -0.2) is 0 Å². The third kappa shape index (κ3) is 5.10. The number of carbonyl (C=O) groups is 2. The van der Waals surface area contributed by atoms with Gasteiger partial charge in [-0.3, -0.25) is 19.7 Å². The van der Waals surface area contributed by atoms with Crippen molar-refractivity contribution in [2.24, 2.45) is 5.92 Å². The number of nitro groups is 1. The fourth-order valence-electron chi connectivity index (χ4n) is 2.56. The van der Waals surface area contributed by atoms with Crippen LogP contribution in [0.2, 0.25) is 0 Å². The van der Waals surface area contributed by atoms with Gasteiger partial charge in [-0.15, -0.1) is 11.8 Å². The van der Waals surface area contributed by atoms with E-state index in [1.807, 2.05) is 24.3 Å². The standard InChI is InChI=1S/C20H21N3O4S/c1-12-3-8-16(23(26)27)11-18(12)22-19(24)13(2)28-17-9-6-15(7-10-17)21-20(25)14-4-5-14/h3,6-11,13-14H,4-5H2,1-2H3,(H,21,25)(H,22,24). The van der Waals surface area contributed by atoms with Gasteiger partial charge in [0.1, 0.15) is 0 Å². The number of carbonyl (C=O) groups excluding carboxylic acids is 2. The van der Waals surface area contributed by atoms with Gasteiger partial charge in [0.2, 0.25) is 11.8 Å². The highest BCUT2D eigenvalue weighted by Crippen LogP contribution is 2.31. The number of nitrogens with one attached hydrogen (secondary N) is 2. The molecular weight excluding hydrogens is 378 g/mol. The molecule has 1 aliphatic rings.